The number of fused-ring (bicyclic) bond motifs is 1. The minimum absolute atomic E-state index is 0.135. The van der Waals surface area contributed by atoms with Gasteiger partial charge in [0.05, 0.1) is 22.9 Å². The van der Waals surface area contributed by atoms with Crippen molar-refractivity contribution in [1.29, 1.82) is 0 Å². The average Bonchev–Trinajstić information content (AvgIpc) is 2.99. The van der Waals surface area contributed by atoms with Gasteiger partial charge in [0, 0.05) is 49.1 Å². The average molecular weight is 422 g/mol. The Hall–Kier alpha value is -1.53. The van der Waals surface area contributed by atoms with E-state index in [4.69, 9.17) is 26.1 Å². The van der Waals surface area contributed by atoms with Gasteiger partial charge in [0.1, 0.15) is 11.4 Å². The van der Waals surface area contributed by atoms with Gasteiger partial charge in [0.15, 0.2) is 0 Å². The number of hydrogen-bond acceptors (Lipinski definition) is 5. The maximum absolute atomic E-state index is 12.3. The standard InChI is InChI=1S/C22H32ClN3O3/c1-14-17(23)15-10-28-21(5,6)9-16(15)24-18(14)25-8-7-22(11-25)12-26(13-22)19(27)29-20(2,3)4/h7-13H2,1-6H3. The number of aromatic nitrogens is 1. The number of likely N-dealkylation sites (tertiary alicyclic amines) is 1. The predicted octanol–water partition coefficient (Wildman–Crippen LogP) is 4.34. The van der Waals surface area contributed by atoms with Crippen LogP contribution in [0.15, 0.2) is 0 Å². The van der Waals surface area contributed by atoms with E-state index in [2.05, 4.69) is 18.7 Å². The molecule has 1 spiro atoms. The van der Waals surface area contributed by atoms with Crippen molar-refractivity contribution < 1.29 is 14.3 Å². The van der Waals surface area contributed by atoms with Gasteiger partial charge in [0.25, 0.3) is 0 Å². The summed E-state index contributed by atoms with van der Waals surface area (Å²) in [6.07, 6.45) is 1.60. The zero-order chi connectivity index (χ0) is 21.2. The first kappa shape index (κ1) is 20.7. The Morgan fingerprint density at radius 2 is 1.93 bits per heavy atom. The molecule has 3 aliphatic rings. The Morgan fingerprint density at radius 1 is 1.24 bits per heavy atom. The molecule has 7 heteroatoms. The zero-order valence-electron chi connectivity index (χ0n) is 18.4. The van der Waals surface area contributed by atoms with Crippen molar-refractivity contribution in [3.63, 3.8) is 0 Å². The molecule has 0 aromatic carbocycles. The summed E-state index contributed by atoms with van der Waals surface area (Å²) < 4.78 is 11.4. The molecule has 160 valence electrons. The lowest BCUT2D eigenvalue weighted by Crippen LogP contribution is -2.60. The Labute approximate surface area is 178 Å². The second-order valence-electron chi connectivity index (χ2n) is 10.5. The van der Waals surface area contributed by atoms with Crippen molar-refractivity contribution in [3.05, 3.63) is 21.8 Å². The Morgan fingerprint density at radius 3 is 2.59 bits per heavy atom. The molecular weight excluding hydrogens is 390 g/mol. The zero-order valence-corrected chi connectivity index (χ0v) is 19.2. The minimum Gasteiger partial charge on any atom is -0.444 e. The van der Waals surface area contributed by atoms with E-state index in [1.165, 1.54) is 0 Å². The van der Waals surface area contributed by atoms with Gasteiger partial charge >= 0.3 is 6.09 Å². The first-order valence-corrected chi connectivity index (χ1v) is 10.8. The SMILES string of the molecule is Cc1c(N2CCC3(CN(C(=O)OC(C)(C)C)C3)C2)nc2c(c1Cl)COC(C)(C)C2. The monoisotopic (exact) mass is 421 g/mol. The molecule has 4 rings (SSSR count). The lowest BCUT2D eigenvalue weighted by Gasteiger charge is -2.47. The molecule has 0 N–H and O–H groups in total. The number of hydrogen-bond donors (Lipinski definition) is 0. The molecule has 1 amide bonds. The number of ether oxygens (including phenoxy) is 2. The van der Waals surface area contributed by atoms with E-state index in [-0.39, 0.29) is 17.1 Å². The molecule has 0 radical (unpaired) electrons. The first-order chi connectivity index (χ1) is 13.4. The van der Waals surface area contributed by atoms with E-state index in [1.807, 2.05) is 32.6 Å². The van der Waals surface area contributed by atoms with Crippen LogP contribution in [0.2, 0.25) is 5.02 Å². The molecule has 4 heterocycles. The molecule has 0 atom stereocenters. The van der Waals surface area contributed by atoms with E-state index >= 15 is 0 Å². The Kier molecular flexibility index (Phi) is 4.82. The number of carbonyl (C=O) groups excluding carboxylic acids is 1. The molecule has 0 unspecified atom stereocenters. The summed E-state index contributed by atoms with van der Waals surface area (Å²) >= 11 is 6.72. The van der Waals surface area contributed by atoms with Crippen molar-refractivity contribution in [2.24, 2.45) is 5.41 Å². The smallest absolute Gasteiger partial charge is 0.410 e. The van der Waals surface area contributed by atoms with Crippen LogP contribution in [0.5, 0.6) is 0 Å². The molecule has 1 aromatic heterocycles. The highest BCUT2D eigenvalue weighted by molar-refractivity contribution is 6.32. The second-order valence-corrected chi connectivity index (χ2v) is 10.9. The molecule has 0 aliphatic carbocycles. The number of anilines is 1. The van der Waals surface area contributed by atoms with E-state index in [1.54, 1.807) is 0 Å². The summed E-state index contributed by atoms with van der Waals surface area (Å²) in [6, 6.07) is 0. The number of amides is 1. The fraction of sp³-hybridized carbons (Fsp3) is 0.727. The Balaban J connectivity index is 1.48. The summed E-state index contributed by atoms with van der Waals surface area (Å²) in [5.41, 5.74) is 2.56. The largest absolute Gasteiger partial charge is 0.444 e. The third-order valence-electron chi connectivity index (χ3n) is 6.16. The molecule has 2 fully saturated rings. The van der Waals surface area contributed by atoms with E-state index < -0.39 is 5.60 Å². The van der Waals surface area contributed by atoms with Gasteiger partial charge in [-0.25, -0.2) is 9.78 Å². The summed E-state index contributed by atoms with van der Waals surface area (Å²) in [5, 5.41) is 0.783. The molecule has 0 bridgehead atoms. The van der Waals surface area contributed by atoms with Gasteiger partial charge in [0.2, 0.25) is 0 Å². The van der Waals surface area contributed by atoms with Gasteiger partial charge < -0.3 is 19.3 Å². The van der Waals surface area contributed by atoms with Gasteiger partial charge in [-0.2, -0.15) is 0 Å². The van der Waals surface area contributed by atoms with Gasteiger partial charge in [-0.3, -0.25) is 0 Å². The van der Waals surface area contributed by atoms with Crippen LogP contribution in [-0.4, -0.2) is 53.4 Å². The summed E-state index contributed by atoms with van der Waals surface area (Å²) in [4.78, 5) is 21.5. The number of halogens is 1. The van der Waals surface area contributed by atoms with Crippen LogP contribution in [-0.2, 0) is 22.5 Å². The second kappa shape index (κ2) is 6.74. The topological polar surface area (TPSA) is 54.9 Å². The third-order valence-corrected chi connectivity index (χ3v) is 6.67. The van der Waals surface area contributed by atoms with E-state index in [0.717, 1.165) is 66.7 Å². The highest BCUT2D eigenvalue weighted by atomic mass is 35.5. The van der Waals surface area contributed by atoms with Crippen LogP contribution >= 0.6 is 11.6 Å². The van der Waals surface area contributed by atoms with Crippen molar-refractivity contribution in [2.45, 2.75) is 72.2 Å². The van der Waals surface area contributed by atoms with Crippen LogP contribution in [0.25, 0.3) is 0 Å². The minimum atomic E-state index is -0.458. The molecule has 29 heavy (non-hydrogen) atoms. The highest BCUT2D eigenvalue weighted by Gasteiger charge is 2.51. The normalized spacial score (nSPS) is 22.4. The first-order valence-electron chi connectivity index (χ1n) is 10.4. The Bertz CT molecular complexity index is 841. The third kappa shape index (κ3) is 3.93. The molecule has 3 aliphatic heterocycles. The summed E-state index contributed by atoms with van der Waals surface area (Å²) in [6.45, 7) is 15.8. The fourth-order valence-electron chi connectivity index (χ4n) is 4.65. The van der Waals surface area contributed by atoms with Crippen LogP contribution in [0.4, 0.5) is 10.6 Å². The van der Waals surface area contributed by atoms with E-state index in [9.17, 15) is 4.79 Å². The summed E-state index contributed by atoms with van der Waals surface area (Å²) in [7, 11) is 0. The molecular formula is C22H32ClN3O3. The molecule has 1 aromatic rings. The number of pyridine rings is 1. The molecule has 0 saturated carbocycles. The van der Waals surface area contributed by atoms with Crippen molar-refractivity contribution >= 4 is 23.5 Å². The van der Waals surface area contributed by atoms with Crippen molar-refractivity contribution in [1.82, 2.24) is 9.88 Å². The predicted molar refractivity (Wildman–Crippen MR) is 114 cm³/mol. The van der Waals surface area contributed by atoms with E-state index in [0.29, 0.717) is 6.61 Å². The van der Waals surface area contributed by atoms with Gasteiger partial charge in [-0.1, -0.05) is 11.6 Å². The highest BCUT2D eigenvalue weighted by Crippen LogP contribution is 2.44. The fourth-order valence-corrected chi connectivity index (χ4v) is 4.89. The molecule has 6 nitrogen and oxygen atoms in total. The lowest BCUT2D eigenvalue weighted by atomic mass is 9.79. The van der Waals surface area contributed by atoms with Gasteiger partial charge in [-0.05, 0) is 48.0 Å². The number of carbonyl (C=O) groups is 1. The van der Waals surface area contributed by atoms with Crippen molar-refractivity contribution in [3.8, 4) is 0 Å². The summed E-state index contributed by atoms with van der Waals surface area (Å²) in [5.74, 6) is 0.985. The maximum atomic E-state index is 12.3. The van der Waals surface area contributed by atoms with Crippen LogP contribution in [0.3, 0.4) is 0 Å². The van der Waals surface area contributed by atoms with Crippen molar-refractivity contribution in [2.75, 3.05) is 31.1 Å². The maximum Gasteiger partial charge on any atom is 0.410 e. The lowest BCUT2D eigenvalue weighted by molar-refractivity contribution is -0.0412. The van der Waals surface area contributed by atoms with Crippen LogP contribution in [0.1, 0.15) is 57.9 Å². The number of nitrogens with zero attached hydrogens (tertiary/aromatic N) is 3. The quantitative estimate of drug-likeness (QED) is 0.675. The number of rotatable bonds is 1. The van der Waals surface area contributed by atoms with Gasteiger partial charge in [-0.15, -0.1) is 0 Å². The van der Waals surface area contributed by atoms with Crippen LogP contribution < -0.4 is 4.90 Å². The van der Waals surface area contributed by atoms with Crippen LogP contribution in [0, 0.1) is 12.3 Å². The molecule has 2 saturated heterocycles.